The molecule has 31 heavy (non-hydrogen) atoms. The molecule has 0 unspecified atom stereocenters. The van der Waals surface area contributed by atoms with Gasteiger partial charge in [0.2, 0.25) is 5.01 Å². The zero-order valence-corrected chi connectivity index (χ0v) is 17.4. The van der Waals surface area contributed by atoms with Crippen LogP contribution in [-0.2, 0) is 4.79 Å². The maximum absolute atomic E-state index is 12.4. The van der Waals surface area contributed by atoms with Crippen LogP contribution in [0.25, 0.3) is 11.1 Å². The van der Waals surface area contributed by atoms with Gasteiger partial charge in [-0.05, 0) is 42.8 Å². The number of nitrogens with one attached hydrogen (secondary N) is 2. The summed E-state index contributed by atoms with van der Waals surface area (Å²) in [5.74, 6) is -2.53. The van der Waals surface area contributed by atoms with Crippen molar-refractivity contribution in [2.45, 2.75) is 13.1 Å². The van der Waals surface area contributed by atoms with E-state index < -0.39 is 18.0 Å². The summed E-state index contributed by atoms with van der Waals surface area (Å²) in [6.07, 6.45) is -3.56. The lowest BCUT2D eigenvalue weighted by Gasteiger charge is -2.08. The standard InChI is InChI=1S/C20H14ClF3N4O2S/c1-11-5-7-13(8-6-11)25-16(29)18-28-27-17(31-18)15(21)10-12-3-2-4-14(9-12)26-19(30)20(22,23)24/h2-10H,1H3,(H,25,29)(H,26,30)/b15-10-. The molecule has 0 saturated carbocycles. The van der Waals surface area contributed by atoms with Crippen LogP contribution in [-0.4, -0.2) is 28.2 Å². The van der Waals surface area contributed by atoms with Gasteiger partial charge in [-0.3, -0.25) is 9.59 Å². The number of nitrogens with zero attached hydrogens (tertiary/aromatic N) is 2. The monoisotopic (exact) mass is 466 g/mol. The Hall–Kier alpha value is -3.24. The second-order valence-electron chi connectivity index (χ2n) is 6.30. The predicted octanol–water partition coefficient (Wildman–Crippen LogP) is 5.34. The maximum Gasteiger partial charge on any atom is 0.471 e. The summed E-state index contributed by atoms with van der Waals surface area (Å²) < 4.78 is 37.2. The van der Waals surface area contributed by atoms with Crippen molar-refractivity contribution < 1.29 is 22.8 Å². The van der Waals surface area contributed by atoms with Gasteiger partial charge in [-0.25, -0.2) is 0 Å². The van der Waals surface area contributed by atoms with Gasteiger partial charge in [0.15, 0.2) is 5.01 Å². The summed E-state index contributed by atoms with van der Waals surface area (Å²) in [6, 6.07) is 12.9. The van der Waals surface area contributed by atoms with E-state index in [1.54, 1.807) is 23.5 Å². The quantitative estimate of drug-likeness (QED) is 0.532. The molecular weight excluding hydrogens is 453 g/mol. The Labute approximate surface area is 183 Å². The van der Waals surface area contributed by atoms with Crippen molar-refractivity contribution >= 4 is 57.2 Å². The van der Waals surface area contributed by atoms with Gasteiger partial charge in [0.1, 0.15) is 0 Å². The van der Waals surface area contributed by atoms with E-state index in [1.807, 2.05) is 19.1 Å². The van der Waals surface area contributed by atoms with Crippen LogP contribution in [0, 0.1) is 6.92 Å². The maximum atomic E-state index is 12.4. The van der Waals surface area contributed by atoms with E-state index in [0.717, 1.165) is 16.9 Å². The number of aryl methyl sites for hydroxylation is 1. The third-order valence-electron chi connectivity index (χ3n) is 3.83. The second-order valence-corrected chi connectivity index (χ2v) is 7.69. The molecule has 1 aromatic heterocycles. The molecule has 2 amide bonds. The molecule has 0 fully saturated rings. The van der Waals surface area contributed by atoms with Crippen molar-refractivity contribution in [2.75, 3.05) is 10.6 Å². The summed E-state index contributed by atoms with van der Waals surface area (Å²) in [4.78, 5) is 23.4. The highest BCUT2D eigenvalue weighted by molar-refractivity contribution is 7.15. The molecule has 0 atom stereocenters. The van der Waals surface area contributed by atoms with Crippen LogP contribution in [0.4, 0.5) is 24.5 Å². The summed E-state index contributed by atoms with van der Waals surface area (Å²) in [7, 11) is 0. The average Bonchev–Trinajstić information content (AvgIpc) is 3.20. The Bertz CT molecular complexity index is 1140. The van der Waals surface area contributed by atoms with Gasteiger partial charge in [-0.2, -0.15) is 13.2 Å². The summed E-state index contributed by atoms with van der Waals surface area (Å²) in [6.45, 7) is 1.93. The Morgan fingerprint density at radius 1 is 1.00 bits per heavy atom. The SMILES string of the molecule is Cc1ccc(NC(=O)c2nnc(/C(Cl)=C/c3cccc(NC(=O)C(F)(F)F)c3)s2)cc1. The van der Waals surface area contributed by atoms with Crippen molar-refractivity contribution in [3.05, 3.63) is 69.7 Å². The van der Waals surface area contributed by atoms with Crippen molar-refractivity contribution in [3.63, 3.8) is 0 Å². The number of amides is 2. The van der Waals surface area contributed by atoms with Crippen LogP contribution in [0.1, 0.15) is 25.9 Å². The fraction of sp³-hybridized carbons (Fsp3) is 0.100. The highest BCUT2D eigenvalue weighted by Gasteiger charge is 2.38. The van der Waals surface area contributed by atoms with Crippen LogP contribution in [0.5, 0.6) is 0 Å². The minimum atomic E-state index is -4.99. The number of carbonyl (C=O) groups excluding carboxylic acids is 2. The minimum Gasteiger partial charge on any atom is -0.320 e. The van der Waals surface area contributed by atoms with Gasteiger partial charge in [-0.1, -0.05) is 52.8 Å². The minimum absolute atomic E-state index is 0.0454. The molecule has 0 aliphatic rings. The number of carbonyl (C=O) groups is 2. The Balaban J connectivity index is 1.72. The fourth-order valence-corrected chi connectivity index (χ4v) is 3.28. The van der Waals surface area contributed by atoms with Crippen LogP contribution in [0.3, 0.4) is 0 Å². The summed E-state index contributed by atoms with van der Waals surface area (Å²) >= 11 is 7.19. The molecule has 160 valence electrons. The first-order valence-corrected chi connectivity index (χ1v) is 9.88. The van der Waals surface area contributed by atoms with E-state index in [4.69, 9.17) is 11.6 Å². The lowest BCUT2D eigenvalue weighted by molar-refractivity contribution is -0.167. The molecule has 0 radical (unpaired) electrons. The van der Waals surface area contributed by atoms with Gasteiger partial charge in [0.25, 0.3) is 5.91 Å². The number of hydrogen-bond acceptors (Lipinski definition) is 5. The molecule has 0 saturated heterocycles. The summed E-state index contributed by atoms with van der Waals surface area (Å²) in [5, 5.41) is 12.6. The number of aromatic nitrogens is 2. The van der Waals surface area contributed by atoms with Gasteiger partial charge in [-0.15, -0.1) is 10.2 Å². The van der Waals surface area contributed by atoms with Crippen molar-refractivity contribution in [2.24, 2.45) is 0 Å². The topological polar surface area (TPSA) is 84.0 Å². The van der Waals surface area contributed by atoms with Gasteiger partial charge < -0.3 is 10.6 Å². The van der Waals surface area contributed by atoms with Crippen molar-refractivity contribution in [3.8, 4) is 0 Å². The smallest absolute Gasteiger partial charge is 0.320 e. The lowest BCUT2D eigenvalue weighted by atomic mass is 10.2. The van der Waals surface area contributed by atoms with E-state index in [-0.39, 0.29) is 20.7 Å². The number of rotatable bonds is 5. The predicted molar refractivity (Wildman–Crippen MR) is 114 cm³/mol. The van der Waals surface area contributed by atoms with Gasteiger partial charge in [0, 0.05) is 11.4 Å². The van der Waals surface area contributed by atoms with E-state index in [0.29, 0.717) is 11.3 Å². The Kier molecular flexibility index (Phi) is 6.71. The highest BCUT2D eigenvalue weighted by atomic mass is 35.5. The molecule has 6 nitrogen and oxygen atoms in total. The molecule has 3 aromatic rings. The van der Waals surface area contributed by atoms with Gasteiger partial charge in [0.05, 0.1) is 5.03 Å². The Morgan fingerprint density at radius 3 is 2.35 bits per heavy atom. The molecule has 0 bridgehead atoms. The second kappa shape index (κ2) is 9.27. The van der Waals surface area contributed by atoms with E-state index >= 15 is 0 Å². The van der Waals surface area contributed by atoms with Crippen LogP contribution >= 0.6 is 22.9 Å². The molecular formula is C20H14ClF3N4O2S. The molecule has 0 spiro atoms. The molecule has 2 aromatic carbocycles. The molecule has 11 heteroatoms. The van der Waals surface area contributed by atoms with E-state index in [9.17, 15) is 22.8 Å². The largest absolute Gasteiger partial charge is 0.471 e. The zero-order chi connectivity index (χ0) is 22.6. The highest BCUT2D eigenvalue weighted by Crippen LogP contribution is 2.27. The molecule has 1 heterocycles. The first kappa shape index (κ1) is 22.4. The number of anilines is 2. The molecule has 3 rings (SSSR count). The van der Waals surface area contributed by atoms with Crippen molar-refractivity contribution in [1.82, 2.24) is 10.2 Å². The first-order valence-electron chi connectivity index (χ1n) is 8.69. The number of halogens is 4. The van der Waals surface area contributed by atoms with Crippen LogP contribution in [0.2, 0.25) is 0 Å². The Morgan fingerprint density at radius 2 is 1.68 bits per heavy atom. The van der Waals surface area contributed by atoms with E-state index in [2.05, 4.69) is 15.5 Å². The molecule has 0 aliphatic heterocycles. The zero-order valence-electron chi connectivity index (χ0n) is 15.8. The molecule has 2 N–H and O–H groups in total. The fourth-order valence-electron chi connectivity index (χ4n) is 2.35. The third kappa shape index (κ3) is 6.12. The summed E-state index contributed by atoms with van der Waals surface area (Å²) in [5.41, 5.74) is 2.03. The van der Waals surface area contributed by atoms with Gasteiger partial charge >= 0.3 is 12.1 Å². The van der Waals surface area contributed by atoms with Crippen LogP contribution in [0.15, 0.2) is 48.5 Å². The first-order chi connectivity index (χ1) is 14.6. The van der Waals surface area contributed by atoms with Crippen molar-refractivity contribution in [1.29, 1.82) is 0 Å². The molecule has 0 aliphatic carbocycles. The number of benzene rings is 2. The normalized spacial score (nSPS) is 11.8. The number of alkyl halides is 3. The third-order valence-corrected chi connectivity index (χ3v) is 5.18. The van der Waals surface area contributed by atoms with E-state index in [1.165, 1.54) is 24.3 Å². The van der Waals surface area contributed by atoms with Crippen LogP contribution < -0.4 is 10.6 Å². The lowest BCUT2D eigenvalue weighted by Crippen LogP contribution is -2.29. The number of hydrogen-bond donors (Lipinski definition) is 2. The average molecular weight is 467 g/mol.